The highest BCUT2D eigenvalue weighted by Gasteiger charge is 2.19. The van der Waals surface area contributed by atoms with Crippen molar-refractivity contribution in [3.63, 3.8) is 0 Å². The highest BCUT2D eigenvalue weighted by Crippen LogP contribution is 2.22. The zero-order valence-corrected chi connectivity index (χ0v) is 14.3. The average molecular weight is 318 g/mol. The summed E-state index contributed by atoms with van der Waals surface area (Å²) >= 11 is 1.74. The second-order valence-corrected chi connectivity index (χ2v) is 6.28. The van der Waals surface area contributed by atoms with Gasteiger partial charge >= 0.3 is 0 Å². The first-order valence-corrected chi connectivity index (χ1v) is 8.68. The topological polar surface area (TPSA) is 46.3 Å². The predicted octanol–water partition coefficient (Wildman–Crippen LogP) is 3.40. The zero-order chi connectivity index (χ0) is 16.1. The van der Waals surface area contributed by atoms with Gasteiger partial charge in [0.15, 0.2) is 0 Å². The predicted molar refractivity (Wildman–Crippen MR) is 91.0 cm³/mol. The summed E-state index contributed by atoms with van der Waals surface area (Å²) in [6.07, 6.45) is 2.32. The lowest BCUT2D eigenvalue weighted by Crippen LogP contribution is -2.37. The van der Waals surface area contributed by atoms with Gasteiger partial charge in [0.05, 0.1) is 12.1 Å². The third-order valence-corrected chi connectivity index (χ3v) is 4.51. The van der Waals surface area contributed by atoms with E-state index < -0.39 is 0 Å². The van der Waals surface area contributed by atoms with E-state index in [0.717, 1.165) is 11.3 Å². The highest BCUT2D eigenvalue weighted by atomic mass is 32.2. The summed E-state index contributed by atoms with van der Waals surface area (Å²) in [6, 6.07) is 9.94. The Bertz CT molecular complexity index is 625. The van der Waals surface area contributed by atoms with Crippen molar-refractivity contribution in [2.45, 2.75) is 26.3 Å². The standard InChI is InChI=1S/C17H22N2O2S/c1-12(11-22-4)19(3)16(20)10-15-13(2)21-17(18-15)14-8-6-5-7-9-14/h5-9,12H,10-11H2,1-4H3. The van der Waals surface area contributed by atoms with Crippen molar-refractivity contribution in [1.29, 1.82) is 0 Å². The molecule has 2 aromatic rings. The maximum absolute atomic E-state index is 12.4. The van der Waals surface area contributed by atoms with Crippen LogP contribution in [0.4, 0.5) is 0 Å². The third kappa shape index (κ3) is 3.91. The van der Waals surface area contributed by atoms with Gasteiger partial charge < -0.3 is 9.32 Å². The van der Waals surface area contributed by atoms with Crippen LogP contribution in [0, 0.1) is 6.92 Å². The summed E-state index contributed by atoms with van der Waals surface area (Å²) in [5, 5.41) is 0. The van der Waals surface area contributed by atoms with Gasteiger partial charge in [0.25, 0.3) is 0 Å². The van der Waals surface area contributed by atoms with Gasteiger partial charge in [-0.3, -0.25) is 4.79 Å². The summed E-state index contributed by atoms with van der Waals surface area (Å²) < 4.78 is 5.70. The molecule has 1 unspecified atom stereocenters. The second-order valence-electron chi connectivity index (χ2n) is 5.37. The van der Waals surface area contributed by atoms with E-state index in [-0.39, 0.29) is 18.4 Å². The third-order valence-electron chi connectivity index (χ3n) is 3.69. The molecule has 1 aromatic heterocycles. The molecule has 22 heavy (non-hydrogen) atoms. The molecule has 0 aliphatic carbocycles. The Morgan fingerprint density at radius 1 is 1.36 bits per heavy atom. The van der Waals surface area contributed by atoms with Crippen LogP contribution < -0.4 is 0 Å². The van der Waals surface area contributed by atoms with Crippen LogP contribution in [-0.4, -0.2) is 40.9 Å². The summed E-state index contributed by atoms with van der Waals surface area (Å²) in [5.41, 5.74) is 1.64. The fraction of sp³-hybridized carbons (Fsp3) is 0.412. The van der Waals surface area contributed by atoms with Crippen molar-refractivity contribution in [3.05, 3.63) is 41.8 Å². The molecule has 0 fully saturated rings. The molecule has 1 atom stereocenters. The van der Waals surface area contributed by atoms with Gasteiger partial charge in [-0.1, -0.05) is 18.2 Å². The number of aryl methyl sites for hydroxylation is 1. The molecule has 2 rings (SSSR count). The molecule has 0 N–H and O–H groups in total. The van der Waals surface area contributed by atoms with E-state index in [2.05, 4.69) is 11.9 Å². The number of hydrogen-bond acceptors (Lipinski definition) is 4. The summed E-state index contributed by atoms with van der Waals surface area (Å²) in [6.45, 7) is 3.91. The minimum atomic E-state index is 0.0672. The number of thioether (sulfide) groups is 1. The molecule has 0 spiro atoms. The fourth-order valence-electron chi connectivity index (χ4n) is 2.16. The molecule has 1 aromatic carbocycles. The number of carbonyl (C=O) groups is 1. The normalized spacial score (nSPS) is 12.2. The van der Waals surface area contributed by atoms with E-state index >= 15 is 0 Å². The zero-order valence-electron chi connectivity index (χ0n) is 13.5. The Morgan fingerprint density at radius 2 is 2.05 bits per heavy atom. The first kappa shape index (κ1) is 16.6. The van der Waals surface area contributed by atoms with Gasteiger partial charge in [-0.15, -0.1) is 0 Å². The van der Waals surface area contributed by atoms with Gasteiger partial charge in [-0.2, -0.15) is 11.8 Å². The maximum atomic E-state index is 12.4. The summed E-state index contributed by atoms with van der Waals surface area (Å²) in [7, 11) is 1.84. The van der Waals surface area contributed by atoms with Crippen LogP contribution >= 0.6 is 11.8 Å². The highest BCUT2D eigenvalue weighted by molar-refractivity contribution is 7.98. The Hall–Kier alpha value is -1.75. The fourth-order valence-corrected chi connectivity index (χ4v) is 2.87. The number of likely N-dealkylation sites (N-methyl/N-ethyl adjacent to an activating group) is 1. The quantitative estimate of drug-likeness (QED) is 0.819. The Balaban J connectivity index is 2.11. The van der Waals surface area contributed by atoms with E-state index in [4.69, 9.17) is 4.42 Å². The van der Waals surface area contributed by atoms with Crippen molar-refractivity contribution >= 4 is 17.7 Å². The van der Waals surface area contributed by atoms with E-state index in [0.29, 0.717) is 17.3 Å². The van der Waals surface area contributed by atoms with Crippen LogP contribution in [0.2, 0.25) is 0 Å². The number of rotatable bonds is 6. The first-order valence-electron chi connectivity index (χ1n) is 7.29. The van der Waals surface area contributed by atoms with Crippen LogP contribution in [0.25, 0.3) is 11.5 Å². The second kappa shape index (κ2) is 7.49. The summed E-state index contributed by atoms with van der Waals surface area (Å²) in [5.74, 6) is 2.27. The molecule has 0 saturated heterocycles. The number of benzene rings is 1. The molecule has 0 bridgehead atoms. The smallest absolute Gasteiger partial charge is 0.228 e. The van der Waals surface area contributed by atoms with E-state index in [1.807, 2.05) is 50.6 Å². The van der Waals surface area contributed by atoms with Crippen molar-refractivity contribution in [2.24, 2.45) is 0 Å². The molecule has 0 aliphatic rings. The van der Waals surface area contributed by atoms with Crippen molar-refractivity contribution < 1.29 is 9.21 Å². The minimum absolute atomic E-state index is 0.0672. The number of oxazole rings is 1. The van der Waals surface area contributed by atoms with Crippen LogP contribution in [0.5, 0.6) is 0 Å². The molecule has 0 saturated carbocycles. The average Bonchev–Trinajstić information content (AvgIpc) is 2.88. The molecule has 0 aliphatic heterocycles. The molecule has 118 valence electrons. The van der Waals surface area contributed by atoms with Gasteiger partial charge in [0, 0.05) is 24.4 Å². The van der Waals surface area contributed by atoms with E-state index in [1.54, 1.807) is 16.7 Å². The summed E-state index contributed by atoms with van der Waals surface area (Å²) in [4.78, 5) is 18.6. The molecular formula is C17H22N2O2S. The molecule has 0 radical (unpaired) electrons. The number of carbonyl (C=O) groups excluding carboxylic acids is 1. The Kier molecular flexibility index (Phi) is 5.66. The molecule has 4 nitrogen and oxygen atoms in total. The number of aromatic nitrogens is 1. The molecule has 5 heteroatoms. The lowest BCUT2D eigenvalue weighted by Gasteiger charge is -2.24. The lowest BCUT2D eigenvalue weighted by molar-refractivity contribution is -0.130. The van der Waals surface area contributed by atoms with Gasteiger partial charge in [-0.05, 0) is 32.2 Å². The lowest BCUT2D eigenvalue weighted by atomic mass is 10.2. The Labute approximate surface area is 135 Å². The number of amides is 1. The minimum Gasteiger partial charge on any atom is -0.441 e. The molecule has 1 amide bonds. The van der Waals surface area contributed by atoms with Gasteiger partial charge in [0.1, 0.15) is 5.76 Å². The molecule has 1 heterocycles. The first-order chi connectivity index (χ1) is 10.5. The van der Waals surface area contributed by atoms with Crippen molar-refractivity contribution in [3.8, 4) is 11.5 Å². The number of nitrogens with zero attached hydrogens (tertiary/aromatic N) is 2. The largest absolute Gasteiger partial charge is 0.441 e. The van der Waals surface area contributed by atoms with Crippen LogP contribution in [0.3, 0.4) is 0 Å². The number of hydrogen-bond donors (Lipinski definition) is 0. The van der Waals surface area contributed by atoms with Crippen LogP contribution in [0.1, 0.15) is 18.4 Å². The molecular weight excluding hydrogens is 296 g/mol. The van der Waals surface area contributed by atoms with Crippen LogP contribution in [0.15, 0.2) is 34.7 Å². The van der Waals surface area contributed by atoms with Crippen molar-refractivity contribution in [2.75, 3.05) is 19.1 Å². The SMILES string of the molecule is CSCC(C)N(C)C(=O)Cc1nc(-c2ccccc2)oc1C. The van der Waals surface area contributed by atoms with E-state index in [1.165, 1.54) is 0 Å². The van der Waals surface area contributed by atoms with Gasteiger partial charge in [-0.25, -0.2) is 4.98 Å². The van der Waals surface area contributed by atoms with Crippen LogP contribution in [-0.2, 0) is 11.2 Å². The van der Waals surface area contributed by atoms with Gasteiger partial charge in [0.2, 0.25) is 11.8 Å². The van der Waals surface area contributed by atoms with E-state index in [9.17, 15) is 4.79 Å². The maximum Gasteiger partial charge on any atom is 0.228 e. The Morgan fingerprint density at radius 3 is 2.68 bits per heavy atom. The van der Waals surface area contributed by atoms with Crippen molar-refractivity contribution in [1.82, 2.24) is 9.88 Å². The monoisotopic (exact) mass is 318 g/mol.